The molecule has 0 aromatic carbocycles. The molecule has 2 fully saturated rings. The summed E-state index contributed by atoms with van der Waals surface area (Å²) in [7, 11) is 0. The summed E-state index contributed by atoms with van der Waals surface area (Å²) in [6, 6.07) is 2.04. The van der Waals surface area contributed by atoms with Crippen molar-refractivity contribution >= 4 is 17.6 Å². The van der Waals surface area contributed by atoms with E-state index < -0.39 is 5.97 Å². The first kappa shape index (κ1) is 15.0. The second kappa shape index (κ2) is 6.48. The Morgan fingerprint density at radius 1 is 1.23 bits per heavy atom. The van der Waals surface area contributed by atoms with E-state index in [1.807, 2.05) is 11.0 Å². The van der Waals surface area contributed by atoms with E-state index in [-0.39, 0.29) is 18.6 Å². The van der Waals surface area contributed by atoms with Gasteiger partial charge in [0.1, 0.15) is 18.0 Å². The lowest BCUT2D eigenvalue weighted by Gasteiger charge is -2.32. The van der Waals surface area contributed by atoms with Crippen molar-refractivity contribution in [3.05, 3.63) is 12.4 Å². The summed E-state index contributed by atoms with van der Waals surface area (Å²) in [4.78, 5) is 24.0. The Balaban J connectivity index is 1.77. The van der Waals surface area contributed by atoms with Crippen LogP contribution in [0.15, 0.2) is 12.4 Å². The van der Waals surface area contributed by atoms with E-state index in [4.69, 9.17) is 0 Å². The highest BCUT2D eigenvalue weighted by atomic mass is 16.4. The Hall–Kier alpha value is -1.89. The first-order valence-corrected chi connectivity index (χ1v) is 7.86. The zero-order chi connectivity index (χ0) is 15.5. The summed E-state index contributed by atoms with van der Waals surface area (Å²) in [5, 5.41) is 18.7. The Labute approximate surface area is 129 Å². The van der Waals surface area contributed by atoms with Crippen LogP contribution in [0.1, 0.15) is 25.7 Å². The molecule has 2 unspecified atom stereocenters. The van der Waals surface area contributed by atoms with E-state index in [1.54, 1.807) is 0 Å². The smallest absolute Gasteiger partial charge is 0.308 e. The Morgan fingerprint density at radius 3 is 2.77 bits per heavy atom. The van der Waals surface area contributed by atoms with Gasteiger partial charge < -0.3 is 20.0 Å². The van der Waals surface area contributed by atoms with E-state index in [1.165, 1.54) is 6.33 Å². The fraction of sp³-hybridized carbons (Fsp3) is 0.667. The number of hydrogen-bond donors (Lipinski definition) is 2. The maximum absolute atomic E-state index is 11.2. The fourth-order valence-electron chi connectivity index (χ4n) is 3.38. The molecule has 0 amide bonds. The number of anilines is 2. The molecule has 7 nitrogen and oxygen atoms in total. The van der Waals surface area contributed by atoms with Crippen LogP contribution in [0.2, 0.25) is 0 Å². The zero-order valence-electron chi connectivity index (χ0n) is 12.6. The molecule has 2 aliphatic rings. The first-order valence-electron chi connectivity index (χ1n) is 7.86. The van der Waals surface area contributed by atoms with Crippen LogP contribution >= 0.6 is 0 Å². The molecule has 1 aromatic rings. The summed E-state index contributed by atoms with van der Waals surface area (Å²) in [5.74, 6) is 0.529. The van der Waals surface area contributed by atoms with Crippen LogP contribution in [-0.2, 0) is 4.79 Å². The Kier molecular flexibility index (Phi) is 4.42. The van der Waals surface area contributed by atoms with E-state index in [0.29, 0.717) is 6.54 Å². The maximum atomic E-state index is 11.2. The molecule has 3 heterocycles. The highest BCUT2D eigenvalue weighted by molar-refractivity contribution is 5.71. The molecule has 2 N–H and O–H groups in total. The minimum absolute atomic E-state index is 0.121. The molecule has 3 rings (SSSR count). The van der Waals surface area contributed by atoms with Gasteiger partial charge in [0, 0.05) is 25.7 Å². The van der Waals surface area contributed by atoms with Crippen molar-refractivity contribution in [2.45, 2.75) is 31.7 Å². The van der Waals surface area contributed by atoms with E-state index in [9.17, 15) is 15.0 Å². The third kappa shape index (κ3) is 2.99. The topological polar surface area (TPSA) is 89.8 Å². The van der Waals surface area contributed by atoms with Crippen molar-refractivity contribution in [2.24, 2.45) is 5.92 Å². The van der Waals surface area contributed by atoms with Crippen LogP contribution in [0.3, 0.4) is 0 Å². The van der Waals surface area contributed by atoms with Gasteiger partial charge in [-0.15, -0.1) is 0 Å². The van der Waals surface area contributed by atoms with Crippen LogP contribution in [0.4, 0.5) is 11.6 Å². The van der Waals surface area contributed by atoms with Crippen molar-refractivity contribution in [3.63, 3.8) is 0 Å². The second-order valence-electron chi connectivity index (χ2n) is 6.03. The van der Waals surface area contributed by atoms with Gasteiger partial charge in [-0.1, -0.05) is 0 Å². The SMILES string of the molecule is O=C(O)C1CCCN(c2cc(N3CCCC3CO)ncn2)C1. The van der Waals surface area contributed by atoms with Crippen molar-refractivity contribution < 1.29 is 15.0 Å². The highest BCUT2D eigenvalue weighted by Gasteiger charge is 2.28. The van der Waals surface area contributed by atoms with Gasteiger partial charge in [0.25, 0.3) is 0 Å². The second-order valence-corrected chi connectivity index (χ2v) is 6.03. The standard InChI is InChI=1S/C15H22N4O3/c20-9-12-4-2-6-19(12)14-7-13(16-10-17-14)18-5-1-3-11(8-18)15(21)22/h7,10-12,20H,1-6,8-9H2,(H,21,22). The largest absolute Gasteiger partial charge is 0.481 e. The lowest BCUT2D eigenvalue weighted by atomic mass is 9.98. The van der Waals surface area contributed by atoms with Gasteiger partial charge in [-0.3, -0.25) is 4.79 Å². The zero-order valence-corrected chi connectivity index (χ0v) is 12.6. The minimum Gasteiger partial charge on any atom is -0.481 e. The lowest BCUT2D eigenvalue weighted by molar-refractivity contribution is -0.141. The average Bonchev–Trinajstić information content (AvgIpc) is 3.04. The first-order chi connectivity index (χ1) is 10.7. The molecule has 2 atom stereocenters. The molecule has 0 spiro atoms. The number of hydrogen-bond acceptors (Lipinski definition) is 6. The fourth-order valence-corrected chi connectivity index (χ4v) is 3.38. The molecule has 22 heavy (non-hydrogen) atoms. The molecule has 120 valence electrons. The Bertz CT molecular complexity index is 539. The number of aliphatic carboxylic acids is 1. The van der Waals surface area contributed by atoms with Crippen molar-refractivity contribution in [1.82, 2.24) is 9.97 Å². The molecule has 0 bridgehead atoms. The van der Waals surface area contributed by atoms with Gasteiger partial charge in [-0.25, -0.2) is 9.97 Å². The predicted molar refractivity (Wildman–Crippen MR) is 82.1 cm³/mol. The molecular formula is C15H22N4O3. The molecular weight excluding hydrogens is 284 g/mol. The highest BCUT2D eigenvalue weighted by Crippen LogP contribution is 2.27. The number of aliphatic hydroxyl groups is 1. The number of carboxylic acid groups (broad SMARTS) is 1. The van der Waals surface area contributed by atoms with Crippen LogP contribution in [-0.4, -0.2) is 58.4 Å². The third-order valence-electron chi connectivity index (χ3n) is 4.61. The van der Waals surface area contributed by atoms with Crippen molar-refractivity contribution in [1.29, 1.82) is 0 Å². The molecule has 0 aliphatic carbocycles. The number of aliphatic hydroxyl groups excluding tert-OH is 1. The average molecular weight is 306 g/mol. The van der Waals surface area contributed by atoms with Gasteiger partial charge in [0.15, 0.2) is 0 Å². The molecule has 7 heteroatoms. The summed E-state index contributed by atoms with van der Waals surface area (Å²) in [5.41, 5.74) is 0. The number of rotatable bonds is 4. The molecule has 0 radical (unpaired) electrons. The van der Waals surface area contributed by atoms with Crippen LogP contribution < -0.4 is 9.80 Å². The molecule has 2 aliphatic heterocycles. The summed E-state index contributed by atoms with van der Waals surface area (Å²) in [6.07, 6.45) is 5.14. The van der Waals surface area contributed by atoms with Gasteiger partial charge in [-0.2, -0.15) is 0 Å². The lowest BCUT2D eigenvalue weighted by Crippen LogP contribution is -2.39. The van der Waals surface area contributed by atoms with E-state index in [0.717, 1.165) is 50.4 Å². The molecule has 0 saturated carbocycles. The number of carbonyl (C=O) groups is 1. The summed E-state index contributed by atoms with van der Waals surface area (Å²) < 4.78 is 0. The number of piperidine rings is 1. The van der Waals surface area contributed by atoms with E-state index >= 15 is 0 Å². The predicted octanol–water partition coefficient (Wildman–Crippen LogP) is 0.739. The maximum Gasteiger partial charge on any atom is 0.308 e. The molecule has 1 aromatic heterocycles. The van der Waals surface area contributed by atoms with Crippen LogP contribution in [0.5, 0.6) is 0 Å². The monoisotopic (exact) mass is 306 g/mol. The quantitative estimate of drug-likeness (QED) is 0.848. The van der Waals surface area contributed by atoms with Crippen molar-refractivity contribution in [3.8, 4) is 0 Å². The van der Waals surface area contributed by atoms with Gasteiger partial charge in [0.05, 0.1) is 18.6 Å². The minimum atomic E-state index is -0.737. The number of carboxylic acids is 1. The van der Waals surface area contributed by atoms with Gasteiger partial charge in [0.2, 0.25) is 0 Å². The normalized spacial score (nSPS) is 25.5. The van der Waals surface area contributed by atoms with Crippen LogP contribution in [0.25, 0.3) is 0 Å². The molecule has 2 saturated heterocycles. The number of nitrogens with zero attached hydrogens (tertiary/aromatic N) is 4. The Morgan fingerprint density at radius 2 is 2.00 bits per heavy atom. The van der Waals surface area contributed by atoms with Crippen molar-refractivity contribution in [2.75, 3.05) is 36.0 Å². The van der Waals surface area contributed by atoms with Gasteiger partial charge in [-0.05, 0) is 25.7 Å². The summed E-state index contributed by atoms with van der Waals surface area (Å²) >= 11 is 0. The summed E-state index contributed by atoms with van der Waals surface area (Å²) in [6.45, 7) is 2.34. The number of aromatic nitrogens is 2. The van der Waals surface area contributed by atoms with Crippen LogP contribution in [0, 0.1) is 5.92 Å². The van der Waals surface area contributed by atoms with Gasteiger partial charge >= 0.3 is 5.97 Å². The van der Waals surface area contributed by atoms with E-state index in [2.05, 4.69) is 14.9 Å². The third-order valence-corrected chi connectivity index (χ3v) is 4.61.